The van der Waals surface area contributed by atoms with Crippen LogP contribution in [0.2, 0.25) is 5.02 Å². The van der Waals surface area contributed by atoms with E-state index < -0.39 is 6.10 Å². The van der Waals surface area contributed by atoms with Crippen LogP contribution in [-0.2, 0) is 0 Å². The second-order valence-corrected chi connectivity index (χ2v) is 5.57. The second kappa shape index (κ2) is 4.87. The van der Waals surface area contributed by atoms with E-state index in [1.807, 2.05) is 24.3 Å². The van der Waals surface area contributed by atoms with Gasteiger partial charge in [-0.2, -0.15) is 0 Å². The Morgan fingerprint density at radius 3 is 2.58 bits per heavy atom. The van der Waals surface area contributed by atoms with E-state index in [0.29, 0.717) is 16.6 Å². The minimum absolute atomic E-state index is 0.255. The van der Waals surface area contributed by atoms with Crippen LogP contribution in [-0.4, -0.2) is 5.11 Å². The molecule has 19 heavy (non-hydrogen) atoms. The van der Waals surface area contributed by atoms with Crippen molar-refractivity contribution in [2.24, 2.45) is 5.92 Å². The molecule has 3 atom stereocenters. The topological polar surface area (TPSA) is 46.2 Å². The molecule has 2 aromatic rings. The van der Waals surface area contributed by atoms with Crippen LogP contribution in [0.25, 0.3) is 0 Å². The normalized spacial score (nSPS) is 23.1. The molecule has 3 unspecified atom stereocenters. The number of nitrogen functional groups attached to an aromatic ring is 1. The largest absolute Gasteiger partial charge is 0.398 e. The first-order chi connectivity index (χ1) is 9.16. The van der Waals surface area contributed by atoms with Gasteiger partial charge in [0.1, 0.15) is 0 Å². The minimum Gasteiger partial charge on any atom is -0.398 e. The Hall–Kier alpha value is -1.51. The molecular formula is C16H16ClNO. The fraction of sp³-hybridized carbons (Fsp3) is 0.250. The van der Waals surface area contributed by atoms with Gasteiger partial charge < -0.3 is 10.8 Å². The molecule has 3 N–H and O–H groups in total. The van der Waals surface area contributed by atoms with Gasteiger partial charge in [0.2, 0.25) is 0 Å². The van der Waals surface area contributed by atoms with Crippen molar-refractivity contribution in [3.05, 3.63) is 64.7 Å². The van der Waals surface area contributed by atoms with Gasteiger partial charge in [0.15, 0.2) is 0 Å². The van der Waals surface area contributed by atoms with Crippen LogP contribution in [0, 0.1) is 5.92 Å². The van der Waals surface area contributed by atoms with Crippen molar-refractivity contribution < 1.29 is 5.11 Å². The zero-order valence-corrected chi connectivity index (χ0v) is 11.2. The number of anilines is 1. The van der Waals surface area contributed by atoms with E-state index in [1.165, 1.54) is 5.56 Å². The van der Waals surface area contributed by atoms with Gasteiger partial charge in [0.05, 0.1) is 6.10 Å². The number of halogens is 1. The van der Waals surface area contributed by atoms with Crippen LogP contribution in [0.15, 0.2) is 48.5 Å². The highest BCUT2D eigenvalue weighted by molar-refractivity contribution is 6.30. The van der Waals surface area contributed by atoms with Crippen LogP contribution in [0.5, 0.6) is 0 Å². The lowest BCUT2D eigenvalue weighted by molar-refractivity contribution is 0.152. The summed E-state index contributed by atoms with van der Waals surface area (Å²) in [6.45, 7) is 0. The quantitative estimate of drug-likeness (QED) is 0.837. The summed E-state index contributed by atoms with van der Waals surface area (Å²) in [5, 5.41) is 11.0. The third-order valence-corrected chi connectivity index (χ3v) is 4.08. The molecule has 2 nitrogen and oxygen atoms in total. The van der Waals surface area contributed by atoms with Crippen molar-refractivity contribution in [1.29, 1.82) is 0 Å². The zero-order chi connectivity index (χ0) is 13.4. The van der Waals surface area contributed by atoms with E-state index in [9.17, 15) is 5.11 Å². The average Bonchev–Trinajstić information content (AvgIpc) is 3.19. The summed E-state index contributed by atoms with van der Waals surface area (Å²) in [5.41, 5.74) is 8.57. The Balaban J connectivity index is 1.78. The van der Waals surface area contributed by atoms with Crippen molar-refractivity contribution >= 4 is 17.3 Å². The summed E-state index contributed by atoms with van der Waals surface area (Å²) in [5.74, 6) is 0.692. The lowest BCUT2D eigenvalue weighted by Gasteiger charge is -2.13. The molecule has 3 heteroatoms. The van der Waals surface area contributed by atoms with Gasteiger partial charge in [-0.05, 0) is 36.0 Å². The van der Waals surface area contributed by atoms with Crippen LogP contribution in [0.3, 0.4) is 0 Å². The Morgan fingerprint density at radius 2 is 1.89 bits per heavy atom. The number of benzene rings is 2. The van der Waals surface area contributed by atoms with Crippen LogP contribution >= 0.6 is 11.6 Å². The van der Waals surface area contributed by atoms with Gasteiger partial charge in [0, 0.05) is 16.3 Å². The molecule has 0 amide bonds. The highest BCUT2D eigenvalue weighted by Gasteiger charge is 2.44. The maximum atomic E-state index is 10.4. The monoisotopic (exact) mass is 273 g/mol. The van der Waals surface area contributed by atoms with E-state index in [4.69, 9.17) is 17.3 Å². The van der Waals surface area contributed by atoms with Crippen LogP contribution in [0.4, 0.5) is 5.69 Å². The van der Waals surface area contributed by atoms with Crippen LogP contribution < -0.4 is 5.73 Å². The number of aliphatic hydroxyl groups excluding tert-OH is 1. The summed E-state index contributed by atoms with van der Waals surface area (Å²) >= 11 is 5.88. The highest BCUT2D eigenvalue weighted by Crippen LogP contribution is 2.54. The molecule has 0 aromatic heterocycles. The fourth-order valence-corrected chi connectivity index (χ4v) is 2.87. The Kier molecular flexibility index (Phi) is 3.21. The van der Waals surface area contributed by atoms with Crippen molar-refractivity contribution in [1.82, 2.24) is 0 Å². The summed E-state index contributed by atoms with van der Waals surface area (Å²) in [7, 11) is 0. The predicted molar refractivity (Wildman–Crippen MR) is 78.1 cm³/mol. The molecule has 0 aliphatic heterocycles. The highest BCUT2D eigenvalue weighted by atomic mass is 35.5. The maximum absolute atomic E-state index is 10.4. The Labute approximate surface area is 117 Å². The summed E-state index contributed by atoms with van der Waals surface area (Å²) in [6.07, 6.45) is 0.496. The van der Waals surface area contributed by atoms with Crippen LogP contribution in [0.1, 0.15) is 29.6 Å². The molecule has 0 bridgehead atoms. The summed E-state index contributed by atoms with van der Waals surface area (Å²) < 4.78 is 0. The average molecular weight is 274 g/mol. The number of hydrogen-bond acceptors (Lipinski definition) is 2. The summed E-state index contributed by atoms with van der Waals surface area (Å²) in [6, 6.07) is 15.6. The third-order valence-electron chi connectivity index (χ3n) is 3.84. The van der Waals surface area contributed by atoms with E-state index in [1.54, 1.807) is 12.1 Å². The molecule has 1 aliphatic rings. The molecule has 3 rings (SSSR count). The predicted octanol–water partition coefficient (Wildman–Crippen LogP) is 3.76. The maximum Gasteiger partial charge on any atom is 0.0844 e. The molecule has 0 radical (unpaired) electrons. The smallest absolute Gasteiger partial charge is 0.0844 e. The number of rotatable bonds is 3. The van der Waals surface area contributed by atoms with Gasteiger partial charge in [-0.15, -0.1) is 0 Å². The van der Waals surface area contributed by atoms with E-state index >= 15 is 0 Å². The Bertz CT molecular complexity index is 585. The first kappa shape index (κ1) is 12.5. The molecular weight excluding hydrogens is 258 g/mol. The second-order valence-electron chi connectivity index (χ2n) is 5.13. The first-order valence-corrected chi connectivity index (χ1v) is 6.82. The minimum atomic E-state index is -0.512. The molecule has 98 valence electrons. The molecule has 1 fully saturated rings. The molecule has 1 saturated carbocycles. The first-order valence-electron chi connectivity index (χ1n) is 6.45. The van der Waals surface area contributed by atoms with Gasteiger partial charge >= 0.3 is 0 Å². The Morgan fingerprint density at radius 1 is 1.16 bits per heavy atom. The number of hydrogen-bond donors (Lipinski definition) is 2. The molecule has 0 saturated heterocycles. The van der Waals surface area contributed by atoms with E-state index in [-0.39, 0.29) is 5.92 Å². The SMILES string of the molecule is Nc1cc(Cl)ccc1C(O)C1CC1c1ccccc1. The van der Waals surface area contributed by atoms with Gasteiger partial charge in [-0.25, -0.2) is 0 Å². The molecule has 1 aliphatic carbocycles. The lowest BCUT2D eigenvalue weighted by atomic mass is 10.00. The van der Waals surface area contributed by atoms with Crippen molar-refractivity contribution in [3.63, 3.8) is 0 Å². The van der Waals surface area contributed by atoms with Crippen molar-refractivity contribution in [2.45, 2.75) is 18.4 Å². The third kappa shape index (κ3) is 2.46. The van der Waals surface area contributed by atoms with Gasteiger partial charge in [-0.1, -0.05) is 48.0 Å². The fourth-order valence-electron chi connectivity index (χ4n) is 2.69. The molecule has 0 heterocycles. The standard InChI is InChI=1S/C16H16ClNO/c17-11-6-7-12(15(18)8-11)16(19)14-9-13(14)10-4-2-1-3-5-10/h1-8,13-14,16,19H,9,18H2. The van der Waals surface area contributed by atoms with Crippen molar-refractivity contribution in [3.8, 4) is 0 Å². The summed E-state index contributed by atoms with van der Waals surface area (Å²) in [4.78, 5) is 0. The molecule has 2 aromatic carbocycles. The number of aliphatic hydroxyl groups is 1. The van der Waals surface area contributed by atoms with E-state index in [0.717, 1.165) is 12.0 Å². The lowest BCUT2D eigenvalue weighted by Crippen LogP contribution is -2.05. The van der Waals surface area contributed by atoms with Gasteiger partial charge in [-0.3, -0.25) is 0 Å². The zero-order valence-electron chi connectivity index (χ0n) is 10.5. The number of nitrogens with two attached hydrogens (primary N) is 1. The van der Waals surface area contributed by atoms with Gasteiger partial charge in [0.25, 0.3) is 0 Å². The molecule has 0 spiro atoms. The van der Waals surface area contributed by atoms with E-state index in [2.05, 4.69) is 12.1 Å². The van der Waals surface area contributed by atoms with Crippen molar-refractivity contribution in [2.75, 3.05) is 5.73 Å².